The summed E-state index contributed by atoms with van der Waals surface area (Å²) >= 11 is 3.08. The fraction of sp³-hybridized carbons (Fsp3) is 0.222. The van der Waals surface area contributed by atoms with Crippen molar-refractivity contribution >= 4 is 39.8 Å². The van der Waals surface area contributed by atoms with Crippen LogP contribution in [-0.4, -0.2) is 26.7 Å². The third-order valence-electron chi connectivity index (χ3n) is 3.73. The number of fused-ring (bicyclic) bond motifs is 1. The SMILES string of the molecule is CCNc1nc(SC(C)c2nnc(-c3cccs3)o2)nc2ccccc12. The van der Waals surface area contributed by atoms with E-state index in [2.05, 4.69) is 32.4 Å². The molecule has 4 aromatic rings. The van der Waals surface area contributed by atoms with Crippen LogP contribution in [0.5, 0.6) is 0 Å². The van der Waals surface area contributed by atoms with Gasteiger partial charge in [0.1, 0.15) is 5.82 Å². The first-order chi connectivity index (χ1) is 12.7. The molecule has 0 radical (unpaired) electrons. The van der Waals surface area contributed by atoms with Crippen LogP contribution >= 0.6 is 23.1 Å². The molecule has 0 aliphatic heterocycles. The zero-order valence-corrected chi connectivity index (χ0v) is 16.0. The van der Waals surface area contributed by atoms with Crippen molar-refractivity contribution in [2.75, 3.05) is 11.9 Å². The lowest BCUT2D eigenvalue weighted by Gasteiger charge is -2.10. The van der Waals surface area contributed by atoms with E-state index in [1.165, 1.54) is 11.8 Å². The highest BCUT2D eigenvalue weighted by Crippen LogP contribution is 2.35. The van der Waals surface area contributed by atoms with Gasteiger partial charge >= 0.3 is 0 Å². The Labute approximate surface area is 159 Å². The number of thioether (sulfide) groups is 1. The van der Waals surface area contributed by atoms with E-state index < -0.39 is 0 Å². The summed E-state index contributed by atoms with van der Waals surface area (Å²) in [5.41, 5.74) is 0.915. The van der Waals surface area contributed by atoms with Gasteiger partial charge in [0.25, 0.3) is 5.89 Å². The summed E-state index contributed by atoms with van der Waals surface area (Å²) in [5.74, 6) is 1.97. The van der Waals surface area contributed by atoms with Gasteiger partial charge in [-0.15, -0.1) is 21.5 Å². The smallest absolute Gasteiger partial charge is 0.257 e. The summed E-state index contributed by atoms with van der Waals surface area (Å²) < 4.78 is 5.82. The Morgan fingerprint density at radius 2 is 2.04 bits per heavy atom. The van der Waals surface area contributed by atoms with E-state index in [1.54, 1.807) is 11.3 Å². The number of nitrogens with one attached hydrogen (secondary N) is 1. The third-order valence-corrected chi connectivity index (χ3v) is 5.54. The van der Waals surface area contributed by atoms with Gasteiger partial charge < -0.3 is 9.73 Å². The first kappa shape index (κ1) is 17.0. The van der Waals surface area contributed by atoms with Crippen LogP contribution < -0.4 is 5.32 Å². The molecule has 1 atom stereocenters. The van der Waals surface area contributed by atoms with E-state index in [-0.39, 0.29) is 5.25 Å². The molecule has 0 aliphatic rings. The van der Waals surface area contributed by atoms with E-state index in [1.807, 2.05) is 48.7 Å². The van der Waals surface area contributed by atoms with Crippen LogP contribution in [0, 0.1) is 0 Å². The number of benzene rings is 1. The van der Waals surface area contributed by atoms with Crippen molar-refractivity contribution in [3.63, 3.8) is 0 Å². The van der Waals surface area contributed by atoms with Crippen LogP contribution in [0.15, 0.2) is 51.4 Å². The van der Waals surface area contributed by atoms with Crippen LogP contribution in [0.25, 0.3) is 21.7 Å². The molecule has 0 saturated heterocycles. The number of aromatic nitrogens is 4. The topological polar surface area (TPSA) is 76.7 Å². The summed E-state index contributed by atoms with van der Waals surface area (Å²) in [4.78, 5) is 10.3. The van der Waals surface area contributed by atoms with Crippen LogP contribution in [0.4, 0.5) is 5.82 Å². The largest absolute Gasteiger partial charge is 0.419 e. The van der Waals surface area contributed by atoms with Crippen molar-refractivity contribution in [3.8, 4) is 10.8 Å². The van der Waals surface area contributed by atoms with E-state index in [4.69, 9.17) is 4.42 Å². The van der Waals surface area contributed by atoms with Gasteiger partial charge in [0.15, 0.2) is 5.16 Å². The predicted molar refractivity (Wildman–Crippen MR) is 106 cm³/mol. The number of nitrogens with zero attached hydrogens (tertiary/aromatic N) is 4. The van der Waals surface area contributed by atoms with Crippen molar-refractivity contribution in [3.05, 3.63) is 47.7 Å². The Morgan fingerprint density at radius 1 is 1.15 bits per heavy atom. The molecule has 132 valence electrons. The minimum absolute atomic E-state index is 0.0492. The molecule has 0 aliphatic carbocycles. The molecule has 3 aromatic heterocycles. The van der Waals surface area contributed by atoms with E-state index in [0.29, 0.717) is 16.9 Å². The number of hydrogen-bond donors (Lipinski definition) is 1. The van der Waals surface area contributed by atoms with Crippen LogP contribution in [-0.2, 0) is 0 Å². The summed E-state index contributed by atoms with van der Waals surface area (Å²) in [5, 5.41) is 15.3. The maximum Gasteiger partial charge on any atom is 0.257 e. The summed E-state index contributed by atoms with van der Waals surface area (Å²) in [6.07, 6.45) is 0. The Hall–Kier alpha value is -2.45. The normalized spacial score (nSPS) is 12.4. The molecule has 0 bridgehead atoms. The average molecular weight is 384 g/mol. The third kappa shape index (κ3) is 3.42. The van der Waals surface area contributed by atoms with E-state index in [0.717, 1.165) is 28.1 Å². The molecule has 4 rings (SSSR count). The molecule has 0 saturated carbocycles. The lowest BCUT2D eigenvalue weighted by atomic mass is 10.2. The molecule has 0 spiro atoms. The summed E-state index contributed by atoms with van der Waals surface area (Å²) in [6.45, 7) is 4.87. The Morgan fingerprint density at radius 3 is 2.85 bits per heavy atom. The predicted octanol–water partition coefficient (Wildman–Crippen LogP) is 5.03. The molecular formula is C18H17N5OS2. The lowest BCUT2D eigenvalue weighted by molar-refractivity contribution is 0.510. The highest BCUT2D eigenvalue weighted by Gasteiger charge is 2.19. The standard InChI is InChI=1S/C18H17N5OS2/c1-3-19-15-12-7-4-5-8-13(12)20-18(21-15)26-11(2)16-22-23-17(24-16)14-9-6-10-25-14/h4-11H,3H2,1-2H3,(H,19,20,21). The first-order valence-corrected chi connectivity index (χ1v) is 10.0. The number of para-hydroxylation sites is 1. The van der Waals surface area contributed by atoms with Gasteiger partial charge in [0.2, 0.25) is 5.89 Å². The van der Waals surface area contributed by atoms with Crippen LogP contribution in [0.3, 0.4) is 0 Å². The number of anilines is 1. The second-order valence-electron chi connectivity index (χ2n) is 5.59. The van der Waals surface area contributed by atoms with Gasteiger partial charge in [0.05, 0.1) is 15.6 Å². The van der Waals surface area contributed by atoms with Gasteiger partial charge in [-0.05, 0) is 37.4 Å². The first-order valence-electron chi connectivity index (χ1n) is 8.29. The quantitative estimate of drug-likeness (QED) is 0.370. The molecule has 8 heteroatoms. The van der Waals surface area contributed by atoms with Crippen LogP contribution in [0.2, 0.25) is 0 Å². The molecular weight excluding hydrogens is 366 g/mol. The van der Waals surface area contributed by atoms with Crippen LogP contribution in [0.1, 0.15) is 25.0 Å². The summed E-state index contributed by atoms with van der Waals surface area (Å²) in [7, 11) is 0. The average Bonchev–Trinajstić information content (AvgIpc) is 3.33. The zero-order valence-electron chi connectivity index (χ0n) is 14.3. The van der Waals surface area contributed by atoms with Crippen molar-refractivity contribution < 1.29 is 4.42 Å². The molecule has 1 unspecified atom stereocenters. The van der Waals surface area contributed by atoms with Gasteiger partial charge in [0, 0.05) is 11.9 Å². The molecule has 1 N–H and O–H groups in total. The molecule has 6 nitrogen and oxygen atoms in total. The maximum absolute atomic E-state index is 5.82. The van der Waals surface area contributed by atoms with Gasteiger partial charge in [-0.25, -0.2) is 9.97 Å². The van der Waals surface area contributed by atoms with Gasteiger partial charge in [-0.1, -0.05) is 30.0 Å². The molecule has 26 heavy (non-hydrogen) atoms. The highest BCUT2D eigenvalue weighted by molar-refractivity contribution is 7.99. The monoisotopic (exact) mass is 383 g/mol. The van der Waals surface area contributed by atoms with Gasteiger partial charge in [-0.2, -0.15) is 0 Å². The molecule has 0 amide bonds. The van der Waals surface area contributed by atoms with Crippen molar-refractivity contribution in [2.45, 2.75) is 24.3 Å². The Kier molecular flexibility index (Phi) is 4.85. The lowest BCUT2D eigenvalue weighted by Crippen LogP contribution is -2.03. The zero-order chi connectivity index (χ0) is 17.9. The number of thiophene rings is 1. The number of rotatable bonds is 6. The van der Waals surface area contributed by atoms with E-state index in [9.17, 15) is 0 Å². The fourth-order valence-corrected chi connectivity index (χ4v) is 3.97. The van der Waals surface area contributed by atoms with Gasteiger partial charge in [-0.3, -0.25) is 0 Å². The second kappa shape index (κ2) is 7.43. The van der Waals surface area contributed by atoms with Crippen molar-refractivity contribution in [1.29, 1.82) is 0 Å². The molecule has 1 aromatic carbocycles. The Balaban J connectivity index is 1.60. The minimum Gasteiger partial charge on any atom is -0.419 e. The maximum atomic E-state index is 5.82. The second-order valence-corrected chi connectivity index (χ2v) is 7.84. The molecule has 0 fully saturated rings. The minimum atomic E-state index is -0.0492. The highest BCUT2D eigenvalue weighted by atomic mass is 32.2. The molecule has 3 heterocycles. The Bertz CT molecular complexity index is 1020. The van der Waals surface area contributed by atoms with E-state index >= 15 is 0 Å². The van der Waals surface area contributed by atoms with Crippen molar-refractivity contribution in [1.82, 2.24) is 20.2 Å². The summed E-state index contributed by atoms with van der Waals surface area (Å²) in [6, 6.07) is 11.9. The fourth-order valence-electron chi connectivity index (χ4n) is 2.52. The number of hydrogen-bond acceptors (Lipinski definition) is 8. The van der Waals surface area contributed by atoms with Crippen molar-refractivity contribution in [2.24, 2.45) is 0 Å².